The molecule has 0 atom stereocenters. The van der Waals surface area contributed by atoms with Crippen LogP contribution in [0.1, 0.15) is 5.56 Å². The maximum Gasteiger partial charge on any atom is 0.267 e. The van der Waals surface area contributed by atoms with Crippen molar-refractivity contribution < 1.29 is 9.90 Å². The summed E-state index contributed by atoms with van der Waals surface area (Å²) >= 11 is 2.23. The highest BCUT2D eigenvalue weighted by Crippen LogP contribution is 2.30. The standard InChI is InChI=1S/C21H16IN3O2/c1-13-10-15(22)8-9-18(13)24-12-14(11-23)21(27)25-19-6-2-5-17-16(19)4-3-7-20(17)26/h2-10,12,24,26H,1H3,(H,25,27)/b14-12-. The van der Waals surface area contributed by atoms with Gasteiger partial charge in [0.05, 0.1) is 0 Å². The largest absolute Gasteiger partial charge is 0.507 e. The minimum absolute atomic E-state index is 0.0508. The maximum absolute atomic E-state index is 12.5. The number of nitriles is 1. The molecule has 6 heteroatoms. The number of phenols is 1. The van der Waals surface area contributed by atoms with Gasteiger partial charge in [-0.15, -0.1) is 0 Å². The number of aromatic hydroxyl groups is 1. The Morgan fingerprint density at radius 2 is 1.85 bits per heavy atom. The fraction of sp³-hybridized carbons (Fsp3) is 0.0476. The molecule has 0 fully saturated rings. The molecule has 0 aliphatic carbocycles. The van der Waals surface area contributed by atoms with Crippen LogP contribution in [0.2, 0.25) is 0 Å². The van der Waals surface area contributed by atoms with Crippen LogP contribution in [0, 0.1) is 21.8 Å². The molecule has 3 aromatic rings. The summed E-state index contributed by atoms with van der Waals surface area (Å²) in [5.74, 6) is -0.389. The Morgan fingerprint density at radius 1 is 1.11 bits per heavy atom. The summed E-state index contributed by atoms with van der Waals surface area (Å²) in [6.07, 6.45) is 1.40. The Balaban J connectivity index is 1.84. The summed E-state index contributed by atoms with van der Waals surface area (Å²) in [4.78, 5) is 12.5. The van der Waals surface area contributed by atoms with Crippen molar-refractivity contribution in [2.75, 3.05) is 10.6 Å². The predicted octanol–water partition coefficient (Wildman–Crippen LogP) is 4.92. The molecule has 0 saturated carbocycles. The first-order valence-corrected chi connectivity index (χ1v) is 9.22. The van der Waals surface area contributed by atoms with E-state index in [0.29, 0.717) is 16.5 Å². The van der Waals surface area contributed by atoms with Gasteiger partial charge in [-0.3, -0.25) is 4.79 Å². The molecule has 0 heterocycles. The number of halogens is 1. The first-order valence-electron chi connectivity index (χ1n) is 8.14. The fourth-order valence-corrected chi connectivity index (χ4v) is 3.33. The minimum atomic E-state index is -0.524. The number of fused-ring (bicyclic) bond motifs is 1. The van der Waals surface area contributed by atoms with Crippen LogP contribution in [-0.4, -0.2) is 11.0 Å². The molecule has 5 nitrogen and oxygen atoms in total. The molecule has 3 rings (SSSR count). The van der Waals surface area contributed by atoms with Crippen LogP contribution < -0.4 is 10.6 Å². The number of rotatable bonds is 4. The van der Waals surface area contributed by atoms with Crippen LogP contribution in [0.25, 0.3) is 10.8 Å². The molecule has 3 N–H and O–H groups in total. The van der Waals surface area contributed by atoms with Gasteiger partial charge >= 0.3 is 0 Å². The number of amides is 1. The van der Waals surface area contributed by atoms with Gasteiger partial charge in [-0.25, -0.2) is 0 Å². The van der Waals surface area contributed by atoms with Crippen LogP contribution in [-0.2, 0) is 4.79 Å². The lowest BCUT2D eigenvalue weighted by Gasteiger charge is -2.10. The highest BCUT2D eigenvalue weighted by molar-refractivity contribution is 14.1. The number of carbonyl (C=O) groups excluding carboxylic acids is 1. The fourth-order valence-electron chi connectivity index (χ4n) is 2.68. The third-order valence-electron chi connectivity index (χ3n) is 4.07. The smallest absolute Gasteiger partial charge is 0.267 e. The van der Waals surface area contributed by atoms with Gasteiger partial charge in [-0.1, -0.05) is 24.3 Å². The highest BCUT2D eigenvalue weighted by Gasteiger charge is 2.12. The van der Waals surface area contributed by atoms with Crippen molar-refractivity contribution in [2.24, 2.45) is 0 Å². The quantitative estimate of drug-likeness (QED) is 0.288. The second kappa shape index (κ2) is 8.10. The first kappa shape index (κ1) is 18.7. The van der Waals surface area contributed by atoms with Crippen molar-refractivity contribution in [3.63, 3.8) is 0 Å². The number of benzene rings is 3. The molecule has 27 heavy (non-hydrogen) atoms. The normalized spacial score (nSPS) is 11.1. The zero-order valence-corrected chi connectivity index (χ0v) is 16.6. The van der Waals surface area contributed by atoms with Gasteiger partial charge in [-0.05, 0) is 65.4 Å². The summed E-state index contributed by atoms with van der Waals surface area (Å²) in [6, 6.07) is 18.1. The van der Waals surface area contributed by atoms with Crippen molar-refractivity contribution in [2.45, 2.75) is 6.92 Å². The molecule has 0 radical (unpaired) electrons. The molecule has 1 amide bonds. The Hall–Kier alpha value is -3.05. The molecular weight excluding hydrogens is 453 g/mol. The second-order valence-corrected chi connectivity index (χ2v) is 7.15. The maximum atomic E-state index is 12.5. The summed E-state index contributed by atoms with van der Waals surface area (Å²) in [7, 11) is 0. The number of hydrogen-bond donors (Lipinski definition) is 3. The topological polar surface area (TPSA) is 85.2 Å². The van der Waals surface area contributed by atoms with E-state index in [4.69, 9.17) is 0 Å². The summed E-state index contributed by atoms with van der Waals surface area (Å²) in [5.41, 5.74) is 2.32. The molecule has 0 aliphatic rings. The van der Waals surface area contributed by atoms with Crippen molar-refractivity contribution in [3.8, 4) is 11.8 Å². The zero-order chi connectivity index (χ0) is 19.4. The predicted molar refractivity (Wildman–Crippen MR) is 115 cm³/mol. The van der Waals surface area contributed by atoms with E-state index >= 15 is 0 Å². The van der Waals surface area contributed by atoms with Gasteiger partial charge in [-0.2, -0.15) is 5.26 Å². The van der Waals surface area contributed by atoms with E-state index in [0.717, 1.165) is 14.8 Å². The van der Waals surface area contributed by atoms with Crippen LogP contribution >= 0.6 is 22.6 Å². The number of anilines is 2. The number of aryl methyl sites for hydroxylation is 1. The molecule has 0 aromatic heterocycles. The number of phenolic OH excluding ortho intramolecular Hbond substituents is 1. The number of nitrogens with zero attached hydrogens (tertiary/aromatic N) is 1. The Morgan fingerprint density at radius 3 is 2.59 bits per heavy atom. The molecular formula is C21H16IN3O2. The number of nitrogens with one attached hydrogen (secondary N) is 2. The van der Waals surface area contributed by atoms with Crippen molar-refractivity contribution in [3.05, 3.63) is 75.5 Å². The van der Waals surface area contributed by atoms with E-state index < -0.39 is 5.91 Å². The molecule has 0 bridgehead atoms. The van der Waals surface area contributed by atoms with Crippen molar-refractivity contribution >= 4 is 50.6 Å². The van der Waals surface area contributed by atoms with Gasteiger partial charge in [0.15, 0.2) is 0 Å². The molecule has 0 saturated heterocycles. The molecule has 0 unspecified atom stereocenters. The monoisotopic (exact) mass is 469 g/mol. The van der Waals surface area contributed by atoms with E-state index in [2.05, 4.69) is 33.2 Å². The lowest BCUT2D eigenvalue weighted by Crippen LogP contribution is -2.15. The van der Waals surface area contributed by atoms with Gasteiger partial charge in [0.2, 0.25) is 0 Å². The Bertz CT molecular complexity index is 1100. The summed E-state index contributed by atoms with van der Waals surface area (Å²) < 4.78 is 1.11. The second-order valence-electron chi connectivity index (χ2n) is 5.91. The van der Waals surface area contributed by atoms with E-state index in [1.54, 1.807) is 36.4 Å². The SMILES string of the molecule is Cc1cc(I)ccc1N/C=C(/C#N)C(=O)Nc1cccc2c(O)cccc12. The van der Waals surface area contributed by atoms with Gasteiger partial charge in [0.1, 0.15) is 17.4 Å². The molecule has 0 spiro atoms. The van der Waals surface area contributed by atoms with Crippen LogP contribution in [0.5, 0.6) is 5.75 Å². The van der Waals surface area contributed by atoms with Gasteiger partial charge < -0.3 is 15.7 Å². The van der Waals surface area contributed by atoms with Crippen LogP contribution in [0.15, 0.2) is 66.4 Å². The Labute approximate surface area is 170 Å². The minimum Gasteiger partial charge on any atom is -0.507 e. The molecule has 3 aromatic carbocycles. The number of carbonyl (C=O) groups is 1. The lowest BCUT2D eigenvalue weighted by molar-refractivity contribution is -0.112. The molecule has 134 valence electrons. The van der Waals surface area contributed by atoms with Crippen LogP contribution in [0.3, 0.4) is 0 Å². The lowest BCUT2D eigenvalue weighted by atomic mass is 10.1. The Kier molecular flexibility index (Phi) is 5.62. The average Bonchev–Trinajstić information content (AvgIpc) is 2.64. The van der Waals surface area contributed by atoms with E-state index in [9.17, 15) is 15.2 Å². The van der Waals surface area contributed by atoms with E-state index in [-0.39, 0.29) is 11.3 Å². The first-order chi connectivity index (χ1) is 13.0. The summed E-state index contributed by atoms with van der Waals surface area (Å²) in [6.45, 7) is 1.95. The average molecular weight is 469 g/mol. The third-order valence-corrected chi connectivity index (χ3v) is 4.74. The number of hydrogen-bond acceptors (Lipinski definition) is 4. The zero-order valence-electron chi connectivity index (χ0n) is 14.5. The van der Waals surface area contributed by atoms with Crippen molar-refractivity contribution in [1.29, 1.82) is 5.26 Å². The van der Waals surface area contributed by atoms with Crippen molar-refractivity contribution in [1.82, 2.24) is 0 Å². The van der Waals surface area contributed by atoms with Crippen LogP contribution in [0.4, 0.5) is 11.4 Å². The van der Waals surface area contributed by atoms with Gasteiger partial charge in [0.25, 0.3) is 5.91 Å². The third kappa shape index (κ3) is 4.20. The molecule has 0 aliphatic heterocycles. The van der Waals surface area contributed by atoms with E-state index in [1.807, 2.05) is 31.2 Å². The highest BCUT2D eigenvalue weighted by atomic mass is 127. The van der Waals surface area contributed by atoms with E-state index in [1.165, 1.54) is 6.20 Å². The summed E-state index contributed by atoms with van der Waals surface area (Å²) in [5, 5.41) is 26.4. The van der Waals surface area contributed by atoms with Gasteiger partial charge in [0, 0.05) is 31.9 Å².